The number of carboxylic acid groups (broad SMARTS) is 1. The van der Waals surface area contributed by atoms with Gasteiger partial charge in [0.15, 0.2) is 0 Å². The molecule has 69 valence electrons. The van der Waals surface area contributed by atoms with Crippen molar-refractivity contribution in [1.82, 2.24) is 4.31 Å². The Kier molecular flexibility index (Phi) is 2.78. The Labute approximate surface area is 77.9 Å². The second kappa shape index (κ2) is 3.34. The van der Waals surface area contributed by atoms with Gasteiger partial charge in [-0.15, -0.1) is 0 Å². The molecule has 0 aliphatic carbocycles. The van der Waals surface area contributed by atoms with Crippen molar-refractivity contribution in [2.45, 2.75) is 18.9 Å². The quantitative estimate of drug-likeness (QED) is 0.682. The van der Waals surface area contributed by atoms with E-state index >= 15 is 0 Å². The van der Waals surface area contributed by atoms with Gasteiger partial charge in [-0.2, -0.15) is 0 Å². The molecule has 1 atom stereocenters. The third-order valence-corrected chi connectivity index (χ3v) is 3.68. The van der Waals surface area contributed by atoms with Crippen LogP contribution in [0.3, 0.4) is 0 Å². The van der Waals surface area contributed by atoms with Crippen LogP contribution in [0.15, 0.2) is 0 Å². The van der Waals surface area contributed by atoms with E-state index in [9.17, 15) is 13.2 Å². The zero-order valence-electron chi connectivity index (χ0n) is 6.13. The summed E-state index contributed by atoms with van der Waals surface area (Å²) in [5, 5.41) is 8.63. The molecule has 1 aliphatic heterocycles. The van der Waals surface area contributed by atoms with Crippen molar-refractivity contribution < 1.29 is 33.5 Å². The second-order valence-corrected chi connectivity index (χ2v) is 5.86. The minimum absolute atomic E-state index is 0.298. The summed E-state index contributed by atoms with van der Waals surface area (Å²) in [5.41, 5.74) is 0. The fourth-order valence-corrected chi connectivity index (χ4v) is 2.95. The van der Waals surface area contributed by atoms with Crippen LogP contribution in [-0.2, 0) is 28.3 Å². The summed E-state index contributed by atoms with van der Waals surface area (Å²) in [6.07, 6.45) is 1.01. The molecule has 0 spiro atoms. The maximum absolute atomic E-state index is 11.0. The first kappa shape index (κ1) is 10.00. The van der Waals surface area contributed by atoms with Crippen LogP contribution in [0.4, 0.5) is 0 Å². The third-order valence-electron chi connectivity index (χ3n) is 1.78. The van der Waals surface area contributed by atoms with Crippen molar-refractivity contribution >= 4 is 14.4 Å². The Bertz CT molecular complexity index is 288. The molecule has 0 bridgehead atoms. The molecule has 1 unspecified atom stereocenters. The topological polar surface area (TPSA) is 74.7 Å². The predicted molar refractivity (Wildman–Crippen MR) is 36.3 cm³/mol. The number of nitrogens with zero attached hydrogens (tertiary/aromatic N) is 1. The van der Waals surface area contributed by atoms with Crippen molar-refractivity contribution in [2.75, 3.05) is 6.54 Å². The first-order valence-corrected chi connectivity index (χ1v) is 6.31. The van der Waals surface area contributed by atoms with Crippen molar-refractivity contribution in [3.63, 3.8) is 0 Å². The van der Waals surface area contributed by atoms with Crippen LogP contribution in [0.2, 0.25) is 0 Å². The van der Waals surface area contributed by atoms with Gasteiger partial charge in [0.2, 0.25) is 0 Å². The van der Waals surface area contributed by atoms with Crippen LogP contribution in [0.5, 0.6) is 0 Å². The fraction of sp³-hybridized carbons (Fsp3) is 0.800. The molecule has 1 heterocycles. The normalized spacial score (nSPS) is 25.8. The summed E-state index contributed by atoms with van der Waals surface area (Å²) < 4.78 is 22.9. The summed E-state index contributed by atoms with van der Waals surface area (Å²) in [5.74, 6) is -1.08. The van der Waals surface area contributed by atoms with Gasteiger partial charge >= 0.3 is 77.6 Å². The molecule has 0 radical (unpaired) electrons. The maximum atomic E-state index is 11.0. The van der Waals surface area contributed by atoms with E-state index in [1.165, 1.54) is 0 Å². The standard InChI is InChI=1S/C5H8NO4S.Cr/c7-5(8)4-2-1-3-6(4)11(9)10;/h4H,1-3H2,(H,7,8);. The van der Waals surface area contributed by atoms with Gasteiger partial charge in [0.1, 0.15) is 0 Å². The van der Waals surface area contributed by atoms with Gasteiger partial charge in [-0.05, 0) is 0 Å². The molecule has 1 N–H and O–H groups in total. The summed E-state index contributed by atoms with van der Waals surface area (Å²) in [6.45, 7) is 0.298. The van der Waals surface area contributed by atoms with E-state index in [2.05, 4.69) is 0 Å². The van der Waals surface area contributed by atoms with E-state index < -0.39 is 20.4 Å². The number of carbonyl (C=O) groups is 1. The van der Waals surface area contributed by atoms with E-state index in [0.717, 1.165) is 4.31 Å². The number of hydrogen-bond donors (Lipinski definition) is 1. The van der Waals surface area contributed by atoms with Crippen LogP contribution in [0, 0.1) is 0 Å². The number of carboxylic acids is 1. The van der Waals surface area contributed by atoms with Gasteiger partial charge in [-0.25, -0.2) is 0 Å². The molecule has 7 heteroatoms. The van der Waals surface area contributed by atoms with E-state index in [1.54, 1.807) is 0 Å². The summed E-state index contributed by atoms with van der Waals surface area (Å²) >= 11 is 1.98. The number of hydrogen-bond acceptors (Lipinski definition) is 3. The number of aliphatic carboxylic acids is 1. The second-order valence-electron chi connectivity index (χ2n) is 2.56. The summed E-state index contributed by atoms with van der Waals surface area (Å²) in [4.78, 5) is 10.5. The molecular weight excluding hydrogens is 222 g/mol. The zero-order valence-corrected chi connectivity index (χ0v) is 8.23. The van der Waals surface area contributed by atoms with Crippen molar-refractivity contribution in [3.8, 4) is 0 Å². The van der Waals surface area contributed by atoms with Crippen LogP contribution in [-0.4, -0.2) is 36.4 Å². The SMILES string of the molecule is O=C(O)C1CCCN1[S](=O)(=O)[Cr]. The van der Waals surface area contributed by atoms with Crippen LogP contribution in [0.25, 0.3) is 0 Å². The van der Waals surface area contributed by atoms with Crippen LogP contribution < -0.4 is 0 Å². The fourth-order valence-electron chi connectivity index (χ4n) is 1.25. The van der Waals surface area contributed by atoms with Gasteiger partial charge in [-0.1, -0.05) is 0 Å². The molecule has 12 heavy (non-hydrogen) atoms. The third kappa shape index (κ3) is 1.99. The average molecular weight is 230 g/mol. The van der Waals surface area contributed by atoms with Gasteiger partial charge < -0.3 is 0 Å². The molecule has 0 saturated carbocycles. The molecule has 1 rings (SSSR count). The van der Waals surface area contributed by atoms with Gasteiger partial charge in [-0.3, -0.25) is 0 Å². The van der Waals surface area contributed by atoms with Crippen molar-refractivity contribution in [2.24, 2.45) is 0 Å². The van der Waals surface area contributed by atoms with Gasteiger partial charge in [0.25, 0.3) is 0 Å². The molecule has 1 saturated heterocycles. The molecule has 0 aromatic heterocycles. The van der Waals surface area contributed by atoms with E-state index in [1.807, 2.05) is 15.2 Å². The summed E-state index contributed by atoms with van der Waals surface area (Å²) in [7, 11) is -3.47. The molecule has 1 aliphatic rings. The Balaban J connectivity index is 2.85. The summed E-state index contributed by atoms with van der Waals surface area (Å²) in [6, 6.07) is -0.878. The Morgan fingerprint density at radius 2 is 2.17 bits per heavy atom. The number of rotatable bonds is 2. The Morgan fingerprint density at radius 1 is 1.58 bits per heavy atom. The van der Waals surface area contributed by atoms with Crippen molar-refractivity contribution in [3.05, 3.63) is 0 Å². The van der Waals surface area contributed by atoms with Crippen LogP contribution in [0.1, 0.15) is 12.8 Å². The first-order valence-electron chi connectivity index (χ1n) is 3.38. The predicted octanol–water partition coefficient (Wildman–Crippen LogP) is -0.673. The van der Waals surface area contributed by atoms with Crippen molar-refractivity contribution in [1.29, 1.82) is 0 Å². The van der Waals surface area contributed by atoms with Crippen LogP contribution >= 0.6 is 0 Å². The van der Waals surface area contributed by atoms with Gasteiger partial charge in [0, 0.05) is 0 Å². The monoisotopic (exact) mass is 230 g/mol. The van der Waals surface area contributed by atoms with E-state index in [0.29, 0.717) is 19.4 Å². The molecule has 0 aromatic rings. The Morgan fingerprint density at radius 3 is 2.50 bits per heavy atom. The molecule has 5 nitrogen and oxygen atoms in total. The zero-order chi connectivity index (χ0) is 9.35. The van der Waals surface area contributed by atoms with Gasteiger partial charge in [0.05, 0.1) is 0 Å². The molecule has 0 aromatic carbocycles. The molecule has 1 fully saturated rings. The first-order chi connectivity index (χ1) is 5.43. The molecule has 0 amide bonds. The van der Waals surface area contributed by atoms with E-state index in [-0.39, 0.29) is 0 Å². The Hall–Kier alpha value is -0.0875. The minimum atomic E-state index is -3.47. The van der Waals surface area contributed by atoms with E-state index in [4.69, 9.17) is 5.11 Å². The molecular formula is C5H8CrNO4S. The average Bonchev–Trinajstić information content (AvgIpc) is 2.30.